The lowest BCUT2D eigenvalue weighted by Gasteiger charge is -2.36. The minimum atomic E-state index is -3.21. The Morgan fingerprint density at radius 2 is 1.35 bits per heavy atom. The molecule has 3 fully saturated rings. The number of fused-ring (bicyclic) bond motifs is 1. The molecule has 28 nitrogen and oxygen atoms in total. The number of amides is 6. The summed E-state index contributed by atoms with van der Waals surface area (Å²) >= 11 is 3.47. The Morgan fingerprint density at radius 1 is 0.750 bits per heavy atom. The molecule has 0 saturated carbocycles. The lowest BCUT2D eigenvalue weighted by Crippen LogP contribution is -2.59. The van der Waals surface area contributed by atoms with Crippen LogP contribution < -0.4 is 26.0 Å². The number of esters is 1. The van der Waals surface area contributed by atoms with E-state index in [0.29, 0.717) is 54.9 Å². The molecule has 0 aliphatic carbocycles. The number of likely N-dealkylation sites (tertiary alicyclic amines) is 1. The molecule has 3 saturated heterocycles. The Bertz CT molecular complexity index is 3060. The normalized spacial score (nSPS) is 17.8. The molecule has 32 heteroatoms. The van der Waals surface area contributed by atoms with Crippen LogP contribution in [0.3, 0.4) is 0 Å². The predicted molar refractivity (Wildman–Crippen MR) is 339 cm³/mol. The second kappa shape index (κ2) is 37.3. The number of nitrogens with zero attached hydrogens (tertiary/aromatic N) is 9. The highest BCUT2D eigenvalue weighted by atomic mass is 127. The third-order valence-electron chi connectivity index (χ3n) is 15.5. The van der Waals surface area contributed by atoms with E-state index in [2.05, 4.69) is 53.7 Å². The van der Waals surface area contributed by atoms with Gasteiger partial charge >= 0.3 is 23.9 Å². The van der Waals surface area contributed by atoms with Crippen LogP contribution in [0.1, 0.15) is 48.0 Å². The van der Waals surface area contributed by atoms with Crippen LogP contribution in [-0.2, 0) is 54.3 Å². The molecule has 4 heterocycles. The quantitative estimate of drug-likeness (QED) is 0.0256. The number of carboxylic acid groups (broad SMARTS) is 3. The number of carbonyl (C=O) groups is 10. The monoisotopic (exact) mass is 1420 g/mol. The number of benzene rings is 2. The number of methoxy groups -OCH3 is 1. The molecule has 0 unspecified atom stereocenters. The lowest BCUT2D eigenvalue weighted by molar-refractivity contribution is -0.147. The predicted octanol–water partition coefficient (Wildman–Crippen LogP) is 0.122. The summed E-state index contributed by atoms with van der Waals surface area (Å²) in [4.78, 5) is 145. The van der Waals surface area contributed by atoms with Gasteiger partial charge in [-0.05, 0) is 83.8 Å². The standard InChI is InChI=1S/C60H80F2IN13O15S/c1-90-56(86)31-48(59(89)75-26-24-70(25-27-75)15-3-28-91-44-10-11-47-46(30-44)45(12-13-65-47)57(87)67-34-52(79)76-40-60(61,62)32-43(76)33-64)69-58(88)49(39-92-29-14-66-50(77)5-2-4-41-6-8-42(63)9-7-41)68-51(78)35-71-16-18-72(36-53(80)81)20-22-74(38-55(84)85)23-21-73(19-17-71)37-54(82)83/h6-13,30,43,48-49H,2-5,14-29,31-32,34-40H2,1H3,(H,66,77)(H,67,87)(H,68,78)(H,69,88)(H,80,81)(H,82,83)(H,84,85)/t43-,48+,49+/m1/s1. The number of aliphatic carboxylic acids is 3. The van der Waals surface area contributed by atoms with E-state index in [-0.39, 0.29) is 128 Å². The number of nitrogens with one attached hydrogen (secondary N) is 4. The third kappa shape index (κ3) is 25.2. The number of carbonyl (C=O) groups excluding carboxylic acids is 7. The molecule has 2 aromatic carbocycles. The molecule has 502 valence electrons. The van der Waals surface area contributed by atoms with Crippen molar-refractivity contribution < 1.29 is 81.5 Å². The first kappa shape index (κ1) is 73.6. The van der Waals surface area contributed by atoms with Crippen molar-refractivity contribution >= 4 is 105 Å². The van der Waals surface area contributed by atoms with Crippen LogP contribution in [-0.4, -0.2) is 294 Å². The van der Waals surface area contributed by atoms with Gasteiger partial charge in [0.05, 0.1) is 76.6 Å². The van der Waals surface area contributed by atoms with E-state index in [1.54, 1.807) is 43.9 Å². The number of alkyl halides is 2. The molecule has 3 aliphatic heterocycles. The maximum Gasteiger partial charge on any atom is 0.317 e. The molecule has 0 bridgehead atoms. The Labute approximate surface area is 549 Å². The molecular formula is C60H80F2IN13O15S. The van der Waals surface area contributed by atoms with Crippen LogP contribution >= 0.6 is 34.4 Å². The van der Waals surface area contributed by atoms with Gasteiger partial charge in [0.15, 0.2) is 0 Å². The lowest BCUT2D eigenvalue weighted by atomic mass is 10.1. The molecule has 0 radical (unpaired) electrons. The van der Waals surface area contributed by atoms with Crippen LogP contribution in [0.2, 0.25) is 0 Å². The van der Waals surface area contributed by atoms with Gasteiger partial charge in [0.2, 0.25) is 29.5 Å². The van der Waals surface area contributed by atoms with Crippen molar-refractivity contribution in [2.45, 2.75) is 62.6 Å². The number of piperazine rings is 1. The van der Waals surface area contributed by atoms with Gasteiger partial charge in [0, 0.05) is 131 Å². The number of pyridine rings is 1. The molecule has 7 N–H and O–H groups in total. The second-order valence-corrected chi connectivity index (χ2v) is 24.9. The van der Waals surface area contributed by atoms with Gasteiger partial charge in [-0.15, -0.1) is 0 Å². The summed E-state index contributed by atoms with van der Waals surface area (Å²) in [6.45, 7) is 0.556. The Morgan fingerprint density at radius 3 is 1.93 bits per heavy atom. The second-order valence-electron chi connectivity index (χ2n) is 22.5. The molecule has 92 heavy (non-hydrogen) atoms. The van der Waals surface area contributed by atoms with E-state index in [4.69, 9.17) is 9.47 Å². The van der Waals surface area contributed by atoms with E-state index >= 15 is 0 Å². The van der Waals surface area contributed by atoms with Crippen molar-refractivity contribution in [2.75, 3.05) is 156 Å². The van der Waals surface area contributed by atoms with Crippen molar-refractivity contribution in [3.63, 3.8) is 0 Å². The van der Waals surface area contributed by atoms with Gasteiger partial charge in [-0.25, -0.2) is 8.78 Å². The minimum absolute atomic E-state index is 0.0349. The van der Waals surface area contributed by atoms with Gasteiger partial charge in [0.1, 0.15) is 23.9 Å². The van der Waals surface area contributed by atoms with Crippen molar-refractivity contribution in [1.82, 2.24) is 60.6 Å². The number of carboxylic acids is 3. The summed E-state index contributed by atoms with van der Waals surface area (Å²) in [6, 6.07) is 12.1. The zero-order valence-corrected chi connectivity index (χ0v) is 54.2. The van der Waals surface area contributed by atoms with E-state index in [9.17, 15) is 77.3 Å². The smallest absolute Gasteiger partial charge is 0.317 e. The van der Waals surface area contributed by atoms with Crippen LogP contribution in [0.5, 0.6) is 5.75 Å². The fraction of sp³-hybridized carbons (Fsp3) is 0.567. The summed E-state index contributed by atoms with van der Waals surface area (Å²) in [5, 5.41) is 49.5. The van der Waals surface area contributed by atoms with Gasteiger partial charge in [0.25, 0.3) is 11.8 Å². The SMILES string of the molecule is COC(=O)C[C@H](NC(=O)[C@H](CSCCNC(=O)CCCc1ccc(I)cc1)NC(=O)CN1CCN(CC(=O)O)CCN(CC(=O)O)CCN(CC(=O)O)CC1)C(=O)N1CCN(CCCOc2ccc3nccc(C(=O)NCC(=O)N4CC(F)(F)C[C@@H]4C#N)c3c2)CC1. The fourth-order valence-electron chi connectivity index (χ4n) is 10.6. The van der Waals surface area contributed by atoms with Gasteiger partial charge in [-0.2, -0.15) is 17.0 Å². The van der Waals surface area contributed by atoms with Crippen LogP contribution in [0.25, 0.3) is 10.9 Å². The average molecular weight is 1420 g/mol. The summed E-state index contributed by atoms with van der Waals surface area (Å²) in [6.07, 6.45) is 2.27. The number of aromatic nitrogens is 1. The topological polar surface area (TPSA) is 357 Å². The fourth-order valence-corrected chi connectivity index (χ4v) is 11.9. The molecule has 6 rings (SSSR count). The highest BCUT2D eigenvalue weighted by Gasteiger charge is 2.47. The van der Waals surface area contributed by atoms with Gasteiger partial charge in [-0.1, -0.05) is 12.1 Å². The number of thioether (sulfide) groups is 1. The first-order valence-electron chi connectivity index (χ1n) is 30.2. The van der Waals surface area contributed by atoms with E-state index in [1.165, 1.54) is 28.9 Å². The number of aryl methyl sites for hydroxylation is 1. The molecular weight excluding hydrogens is 1340 g/mol. The summed E-state index contributed by atoms with van der Waals surface area (Å²) in [5.41, 5.74) is 1.72. The number of rotatable bonds is 31. The summed E-state index contributed by atoms with van der Waals surface area (Å²) in [5.74, 6) is -10.3. The summed E-state index contributed by atoms with van der Waals surface area (Å²) < 4.78 is 40.0. The Kier molecular flexibility index (Phi) is 29.9. The zero-order valence-electron chi connectivity index (χ0n) is 51.2. The van der Waals surface area contributed by atoms with E-state index in [1.807, 2.05) is 24.3 Å². The maximum atomic E-state index is 14.4. The molecule has 1 aromatic heterocycles. The zero-order chi connectivity index (χ0) is 66.7. The van der Waals surface area contributed by atoms with Crippen molar-refractivity contribution in [3.8, 4) is 11.8 Å². The first-order valence-corrected chi connectivity index (χ1v) is 32.4. The highest BCUT2D eigenvalue weighted by molar-refractivity contribution is 14.1. The number of halogens is 3. The summed E-state index contributed by atoms with van der Waals surface area (Å²) in [7, 11) is 1.14. The third-order valence-corrected chi connectivity index (χ3v) is 17.3. The van der Waals surface area contributed by atoms with E-state index < -0.39 is 103 Å². The number of nitriles is 1. The average Bonchev–Trinajstić information content (AvgIpc) is 1.16. The largest absolute Gasteiger partial charge is 0.494 e. The van der Waals surface area contributed by atoms with Crippen LogP contribution in [0.15, 0.2) is 54.7 Å². The maximum absolute atomic E-state index is 14.4. The molecule has 3 atom stereocenters. The minimum Gasteiger partial charge on any atom is -0.494 e. The number of hydrogen-bond acceptors (Lipinski definition) is 20. The molecule has 3 aromatic rings. The number of ether oxygens (including phenoxy) is 2. The van der Waals surface area contributed by atoms with Gasteiger partial charge < -0.3 is 55.9 Å². The van der Waals surface area contributed by atoms with E-state index in [0.717, 1.165) is 27.6 Å². The molecule has 6 amide bonds. The van der Waals surface area contributed by atoms with Crippen molar-refractivity contribution in [2.24, 2.45) is 0 Å². The Balaban J connectivity index is 1.05. The molecule has 3 aliphatic rings. The van der Waals surface area contributed by atoms with Crippen LogP contribution in [0, 0.1) is 14.9 Å². The van der Waals surface area contributed by atoms with Gasteiger partial charge in [-0.3, -0.25) is 77.4 Å². The molecule has 0 spiro atoms. The first-order chi connectivity index (χ1) is 44.0. The van der Waals surface area contributed by atoms with Crippen molar-refractivity contribution in [3.05, 3.63) is 69.4 Å². The Hall–Kier alpha value is -7.42. The van der Waals surface area contributed by atoms with Crippen LogP contribution in [0.4, 0.5) is 8.78 Å². The van der Waals surface area contributed by atoms with Crippen molar-refractivity contribution in [1.29, 1.82) is 5.26 Å². The number of hydrogen-bond donors (Lipinski definition) is 7. The highest BCUT2D eigenvalue weighted by Crippen LogP contribution is 2.32.